The molecular formula is C32H38BN3O4. The number of nitrogens with zero attached hydrogens (tertiary/aromatic N) is 2. The SMILES string of the molecule is CC(C)(C)OC(=O)N1CCCC1c1nc2ccc(-c3ccc4cc(B5OC(C)(C)C(C)(C)O5)ccc4c3)cc2[nH]1. The van der Waals surface area contributed by atoms with E-state index in [0.717, 1.165) is 57.1 Å². The Hall–Kier alpha value is -3.36. The lowest BCUT2D eigenvalue weighted by molar-refractivity contribution is 0.00578. The van der Waals surface area contributed by atoms with Gasteiger partial charge in [-0.25, -0.2) is 9.78 Å². The Labute approximate surface area is 236 Å². The molecule has 1 aromatic heterocycles. The van der Waals surface area contributed by atoms with Gasteiger partial charge in [0.25, 0.3) is 0 Å². The molecular weight excluding hydrogens is 501 g/mol. The number of aromatic nitrogens is 2. The molecule has 6 rings (SSSR count). The Bertz CT molecular complexity index is 1590. The number of fused-ring (bicyclic) bond motifs is 2. The number of rotatable bonds is 3. The van der Waals surface area contributed by atoms with E-state index in [2.05, 4.69) is 81.2 Å². The van der Waals surface area contributed by atoms with Gasteiger partial charge in [-0.3, -0.25) is 4.90 Å². The van der Waals surface area contributed by atoms with Gasteiger partial charge >= 0.3 is 13.2 Å². The quantitative estimate of drug-likeness (QED) is 0.292. The van der Waals surface area contributed by atoms with Crippen molar-refractivity contribution in [3.8, 4) is 11.1 Å². The molecule has 7 nitrogen and oxygen atoms in total. The molecule has 3 aromatic carbocycles. The van der Waals surface area contributed by atoms with Crippen molar-refractivity contribution in [3.05, 3.63) is 60.4 Å². The molecule has 2 aliphatic heterocycles. The Morgan fingerprint density at radius 1 is 0.975 bits per heavy atom. The van der Waals surface area contributed by atoms with Crippen LogP contribution in [0.4, 0.5) is 4.79 Å². The molecule has 0 radical (unpaired) electrons. The fourth-order valence-corrected chi connectivity index (χ4v) is 5.53. The van der Waals surface area contributed by atoms with Gasteiger partial charge in [0, 0.05) is 6.54 Å². The molecule has 40 heavy (non-hydrogen) atoms. The number of amides is 1. The number of carbonyl (C=O) groups excluding carboxylic acids is 1. The smallest absolute Gasteiger partial charge is 0.444 e. The first-order chi connectivity index (χ1) is 18.8. The highest BCUT2D eigenvalue weighted by Crippen LogP contribution is 2.37. The highest BCUT2D eigenvalue weighted by atomic mass is 16.7. The first kappa shape index (κ1) is 26.8. The molecule has 2 saturated heterocycles. The zero-order valence-electron chi connectivity index (χ0n) is 24.5. The fourth-order valence-electron chi connectivity index (χ4n) is 5.53. The van der Waals surface area contributed by atoms with E-state index in [1.54, 1.807) is 4.90 Å². The summed E-state index contributed by atoms with van der Waals surface area (Å²) in [5.74, 6) is 0.809. The maximum Gasteiger partial charge on any atom is 0.494 e. The van der Waals surface area contributed by atoms with Crippen LogP contribution in [0, 0.1) is 0 Å². The largest absolute Gasteiger partial charge is 0.494 e. The van der Waals surface area contributed by atoms with E-state index in [4.69, 9.17) is 19.0 Å². The van der Waals surface area contributed by atoms with Gasteiger partial charge in [-0.2, -0.15) is 0 Å². The molecule has 2 fully saturated rings. The lowest BCUT2D eigenvalue weighted by Crippen LogP contribution is -2.41. The highest BCUT2D eigenvalue weighted by molar-refractivity contribution is 6.62. The van der Waals surface area contributed by atoms with E-state index < -0.39 is 5.60 Å². The van der Waals surface area contributed by atoms with Crippen LogP contribution < -0.4 is 5.46 Å². The number of benzene rings is 3. The first-order valence-corrected chi connectivity index (χ1v) is 14.2. The molecule has 0 spiro atoms. The second kappa shape index (κ2) is 9.35. The zero-order valence-corrected chi connectivity index (χ0v) is 24.5. The molecule has 1 unspecified atom stereocenters. The summed E-state index contributed by atoms with van der Waals surface area (Å²) in [7, 11) is -0.378. The number of nitrogens with one attached hydrogen (secondary N) is 1. The van der Waals surface area contributed by atoms with Crippen molar-refractivity contribution in [1.29, 1.82) is 0 Å². The molecule has 1 atom stereocenters. The van der Waals surface area contributed by atoms with E-state index in [1.807, 2.05) is 26.8 Å². The van der Waals surface area contributed by atoms with Crippen molar-refractivity contribution in [2.45, 2.75) is 84.2 Å². The average Bonchev–Trinajstić information content (AvgIpc) is 3.57. The third kappa shape index (κ3) is 4.88. The van der Waals surface area contributed by atoms with Gasteiger partial charge in [-0.1, -0.05) is 36.4 Å². The van der Waals surface area contributed by atoms with Crippen molar-refractivity contribution in [1.82, 2.24) is 14.9 Å². The van der Waals surface area contributed by atoms with Crippen LogP contribution in [0.1, 0.15) is 73.2 Å². The van der Waals surface area contributed by atoms with Crippen LogP contribution in [0.5, 0.6) is 0 Å². The lowest BCUT2D eigenvalue weighted by atomic mass is 9.78. The van der Waals surface area contributed by atoms with Crippen molar-refractivity contribution >= 4 is 40.5 Å². The van der Waals surface area contributed by atoms with Crippen LogP contribution in [0.15, 0.2) is 54.6 Å². The third-order valence-electron chi connectivity index (χ3n) is 8.42. The monoisotopic (exact) mass is 539 g/mol. The summed E-state index contributed by atoms with van der Waals surface area (Å²) in [6.07, 6.45) is 1.51. The minimum atomic E-state index is -0.527. The second-order valence-corrected chi connectivity index (χ2v) is 13.1. The maximum atomic E-state index is 12.8. The van der Waals surface area contributed by atoms with Crippen LogP contribution in [0.3, 0.4) is 0 Å². The summed E-state index contributed by atoms with van der Waals surface area (Å²) in [6, 6.07) is 19.1. The van der Waals surface area contributed by atoms with Crippen molar-refractivity contribution in [3.63, 3.8) is 0 Å². The van der Waals surface area contributed by atoms with Crippen LogP contribution in [0.25, 0.3) is 32.9 Å². The van der Waals surface area contributed by atoms with E-state index in [-0.39, 0.29) is 30.5 Å². The molecule has 1 N–H and O–H groups in total. The number of carbonyl (C=O) groups is 1. The Kier molecular flexibility index (Phi) is 6.28. The maximum absolute atomic E-state index is 12.8. The fraction of sp³-hybridized carbons (Fsp3) is 0.438. The van der Waals surface area contributed by atoms with Crippen molar-refractivity contribution in [2.75, 3.05) is 6.54 Å². The summed E-state index contributed by atoms with van der Waals surface area (Å²) < 4.78 is 18.2. The Balaban J connectivity index is 1.25. The number of aromatic amines is 1. The zero-order chi connectivity index (χ0) is 28.4. The van der Waals surface area contributed by atoms with Gasteiger partial charge in [0.1, 0.15) is 11.4 Å². The first-order valence-electron chi connectivity index (χ1n) is 14.2. The normalized spacial score (nSPS) is 20.5. The predicted octanol–water partition coefficient (Wildman–Crippen LogP) is 6.75. The minimum absolute atomic E-state index is 0.107. The van der Waals surface area contributed by atoms with Gasteiger partial charge in [0.05, 0.1) is 28.3 Å². The van der Waals surface area contributed by atoms with E-state index in [0.29, 0.717) is 6.54 Å². The van der Waals surface area contributed by atoms with Crippen molar-refractivity contribution in [2.24, 2.45) is 0 Å². The average molecular weight is 539 g/mol. The second-order valence-electron chi connectivity index (χ2n) is 13.1. The Morgan fingerprint density at radius 3 is 2.35 bits per heavy atom. The summed E-state index contributed by atoms with van der Waals surface area (Å²) in [5.41, 5.74) is 3.85. The van der Waals surface area contributed by atoms with Gasteiger partial charge in [0.2, 0.25) is 0 Å². The molecule has 8 heteroatoms. The van der Waals surface area contributed by atoms with Crippen LogP contribution in [-0.4, -0.2) is 51.4 Å². The summed E-state index contributed by atoms with van der Waals surface area (Å²) in [6.45, 7) is 14.7. The lowest BCUT2D eigenvalue weighted by Gasteiger charge is -2.32. The summed E-state index contributed by atoms with van der Waals surface area (Å²) >= 11 is 0. The van der Waals surface area contributed by atoms with Gasteiger partial charge in [-0.15, -0.1) is 0 Å². The highest BCUT2D eigenvalue weighted by Gasteiger charge is 2.51. The van der Waals surface area contributed by atoms with E-state index in [1.165, 1.54) is 0 Å². The molecule has 0 saturated carbocycles. The topological polar surface area (TPSA) is 76.7 Å². The number of imidazole rings is 1. The van der Waals surface area contributed by atoms with Gasteiger partial charge in [0.15, 0.2) is 0 Å². The van der Waals surface area contributed by atoms with Gasteiger partial charge < -0.3 is 19.0 Å². The molecule has 0 aliphatic carbocycles. The third-order valence-corrected chi connectivity index (χ3v) is 8.42. The van der Waals surface area contributed by atoms with Crippen molar-refractivity contribution < 1.29 is 18.8 Å². The van der Waals surface area contributed by atoms with Crippen LogP contribution in [0.2, 0.25) is 0 Å². The molecule has 0 bridgehead atoms. The van der Waals surface area contributed by atoms with Gasteiger partial charge in [-0.05, 0) is 107 Å². The summed E-state index contributed by atoms with van der Waals surface area (Å²) in [4.78, 5) is 22.9. The number of hydrogen-bond acceptors (Lipinski definition) is 5. The molecule has 3 heterocycles. The number of H-pyrrole nitrogens is 1. The number of ether oxygens (including phenoxy) is 1. The number of likely N-dealkylation sites (tertiary alicyclic amines) is 1. The standard InChI is InChI=1S/C32H38BN3O4/c1-30(2,3)38-29(37)36-16-8-9-27(36)28-34-25-15-13-23(19-26(25)35-28)20-10-11-22-18-24(14-12-21(22)17-20)33-39-31(4,5)32(6,7)40-33/h10-15,17-19,27H,8-9,16H2,1-7H3,(H,34,35). The minimum Gasteiger partial charge on any atom is -0.444 e. The number of hydrogen-bond donors (Lipinski definition) is 1. The Morgan fingerprint density at radius 2 is 1.62 bits per heavy atom. The molecule has 4 aromatic rings. The summed E-state index contributed by atoms with van der Waals surface area (Å²) in [5, 5.41) is 2.30. The van der Waals surface area contributed by atoms with Crippen LogP contribution >= 0.6 is 0 Å². The predicted molar refractivity (Wildman–Crippen MR) is 160 cm³/mol. The van der Waals surface area contributed by atoms with E-state index >= 15 is 0 Å². The molecule has 208 valence electrons. The molecule has 1 amide bonds. The molecule has 2 aliphatic rings. The van der Waals surface area contributed by atoms with Crippen LogP contribution in [-0.2, 0) is 14.0 Å². The van der Waals surface area contributed by atoms with E-state index in [9.17, 15) is 4.79 Å².